The van der Waals surface area contributed by atoms with Crippen LogP contribution in [0.4, 0.5) is 5.69 Å². The summed E-state index contributed by atoms with van der Waals surface area (Å²) in [5.41, 5.74) is 4.40. The van der Waals surface area contributed by atoms with Gasteiger partial charge in [0.1, 0.15) is 0 Å². The molecule has 37 heavy (non-hydrogen) atoms. The van der Waals surface area contributed by atoms with Crippen LogP contribution in [0.3, 0.4) is 0 Å². The molecule has 3 N–H and O–H groups in total. The fraction of sp³-hybridized carbons (Fsp3) is 0.536. The van der Waals surface area contributed by atoms with Crippen LogP contribution in [0.1, 0.15) is 55.2 Å². The summed E-state index contributed by atoms with van der Waals surface area (Å²) >= 11 is 0. The number of hydrogen-bond donors (Lipinski definition) is 3. The molecule has 3 fully saturated rings. The second-order valence-electron chi connectivity index (χ2n) is 11.0. The van der Waals surface area contributed by atoms with Crippen LogP contribution in [0.2, 0.25) is 0 Å². The molecule has 2 bridgehead atoms. The summed E-state index contributed by atoms with van der Waals surface area (Å²) in [7, 11) is -3.44. The third kappa shape index (κ3) is 5.33. The number of rotatable bonds is 8. The molecular weight excluding hydrogens is 486 g/mol. The van der Waals surface area contributed by atoms with Crippen LogP contribution in [0, 0.1) is 0 Å². The van der Waals surface area contributed by atoms with Crippen LogP contribution >= 0.6 is 0 Å². The van der Waals surface area contributed by atoms with Crippen molar-refractivity contribution in [3.8, 4) is 0 Å². The molecule has 198 valence electrons. The number of fused-ring (bicyclic) bond motifs is 3. The van der Waals surface area contributed by atoms with E-state index in [4.69, 9.17) is 0 Å². The Morgan fingerprint density at radius 3 is 2.24 bits per heavy atom. The number of anilines is 1. The van der Waals surface area contributed by atoms with Gasteiger partial charge in [-0.3, -0.25) is 4.79 Å². The second kappa shape index (κ2) is 10.5. The van der Waals surface area contributed by atoms with Crippen molar-refractivity contribution in [2.75, 3.05) is 18.4 Å². The standard InChI is InChI=1S/C28H37N5O3S/c34-28-15-22-14-21(6-9-27(22)31-28)19-30-24-16-25-7-8-26(17-24)33(25)37(35,36)32-12-10-23(11-13-32)29-18-20-4-2-1-3-5-20/h1-6,9,14,23-26,29-30H,7-8,10-13,15-19H2,(H,31,34)/t24?,25-,26+. The molecule has 0 spiro atoms. The molecule has 1 unspecified atom stereocenters. The minimum atomic E-state index is -3.44. The Bertz CT molecular complexity index is 1220. The molecule has 6 rings (SSSR count). The van der Waals surface area contributed by atoms with E-state index in [9.17, 15) is 13.2 Å². The van der Waals surface area contributed by atoms with E-state index < -0.39 is 10.2 Å². The number of piperidine rings is 2. The predicted octanol–water partition coefficient (Wildman–Crippen LogP) is 2.77. The fourth-order valence-electron chi connectivity index (χ4n) is 6.61. The van der Waals surface area contributed by atoms with Gasteiger partial charge in [0, 0.05) is 56.0 Å². The lowest BCUT2D eigenvalue weighted by Crippen LogP contribution is -2.57. The summed E-state index contributed by atoms with van der Waals surface area (Å²) in [5.74, 6) is 0.0536. The van der Waals surface area contributed by atoms with Crippen molar-refractivity contribution in [3.63, 3.8) is 0 Å². The van der Waals surface area contributed by atoms with E-state index in [0.717, 1.165) is 62.9 Å². The number of nitrogens with zero attached hydrogens (tertiary/aromatic N) is 2. The Kier molecular flexibility index (Phi) is 7.07. The SMILES string of the molecule is O=C1Cc2cc(CNC3C[C@H]4CC[C@@H](C3)N4S(=O)(=O)N3CCC(NCc4ccccc4)CC3)ccc2N1. The Morgan fingerprint density at radius 2 is 1.51 bits per heavy atom. The number of carbonyl (C=O) groups excluding carboxylic acids is 1. The smallest absolute Gasteiger partial charge is 0.282 e. The Balaban J connectivity index is 1.01. The van der Waals surface area contributed by atoms with Gasteiger partial charge in [-0.1, -0.05) is 42.5 Å². The lowest BCUT2D eigenvalue weighted by Gasteiger charge is -2.42. The van der Waals surface area contributed by atoms with Gasteiger partial charge in [-0.15, -0.1) is 0 Å². The molecule has 3 atom stereocenters. The van der Waals surface area contributed by atoms with Crippen LogP contribution in [-0.2, 0) is 34.5 Å². The normalized spacial score (nSPS) is 26.8. The highest BCUT2D eigenvalue weighted by molar-refractivity contribution is 7.86. The summed E-state index contributed by atoms with van der Waals surface area (Å²) in [6, 6.07) is 17.3. The van der Waals surface area contributed by atoms with Gasteiger partial charge in [-0.05, 0) is 61.3 Å². The Hall–Kier alpha value is -2.30. The third-order valence-electron chi connectivity index (χ3n) is 8.54. The van der Waals surface area contributed by atoms with Crippen molar-refractivity contribution in [3.05, 3.63) is 65.2 Å². The summed E-state index contributed by atoms with van der Waals surface area (Å²) in [5, 5.41) is 10.2. The average Bonchev–Trinajstić information content (AvgIpc) is 3.42. The molecule has 0 aliphatic carbocycles. The van der Waals surface area contributed by atoms with Crippen LogP contribution in [0.25, 0.3) is 0 Å². The first kappa shape index (κ1) is 25.0. The van der Waals surface area contributed by atoms with Gasteiger partial charge in [-0.25, -0.2) is 0 Å². The molecule has 0 radical (unpaired) electrons. The van der Waals surface area contributed by atoms with Crippen molar-refractivity contribution >= 4 is 21.8 Å². The van der Waals surface area contributed by atoms with Gasteiger partial charge in [-0.2, -0.15) is 17.0 Å². The van der Waals surface area contributed by atoms with Crippen molar-refractivity contribution in [2.45, 2.75) is 82.2 Å². The molecule has 1 amide bonds. The van der Waals surface area contributed by atoms with Gasteiger partial charge in [0.05, 0.1) is 6.42 Å². The third-order valence-corrected chi connectivity index (χ3v) is 10.7. The van der Waals surface area contributed by atoms with Gasteiger partial charge in [0.15, 0.2) is 0 Å². The number of carbonyl (C=O) groups is 1. The maximum absolute atomic E-state index is 13.7. The first-order chi connectivity index (χ1) is 18.0. The summed E-state index contributed by atoms with van der Waals surface area (Å²) in [6.45, 7) is 2.73. The molecule has 2 aromatic rings. The van der Waals surface area contributed by atoms with E-state index in [1.165, 1.54) is 11.1 Å². The van der Waals surface area contributed by atoms with E-state index in [0.29, 0.717) is 31.6 Å². The highest BCUT2D eigenvalue weighted by atomic mass is 32.2. The molecule has 8 nitrogen and oxygen atoms in total. The highest BCUT2D eigenvalue weighted by Gasteiger charge is 2.48. The van der Waals surface area contributed by atoms with Crippen LogP contribution in [0.5, 0.6) is 0 Å². The fourth-order valence-corrected chi connectivity index (χ4v) is 8.69. The van der Waals surface area contributed by atoms with E-state index in [-0.39, 0.29) is 18.0 Å². The first-order valence-electron chi connectivity index (χ1n) is 13.7. The zero-order valence-corrected chi connectivity index (χ0v) is 22.1. The van der Waals surface area contributed by atoms with Crippen LogP contribution < -0.4 is 16.0 Å². The summed E-state index contributed by atoms with van der Waals surface area (Å²) in [4.78, 5) is 11.6. The van der Waals surface area contributed by atoms with Crippen molar-refractivity contribution in [1.82, 2.24) is 19.2 Å². The highest BCUT2D eigenvalue weighted by Crippen LogP contribution is 2.39. The summed E-state index contributed by atoms with van der Waals surface area (Å²) < 4.78 is 31.0. The number of hydrogen-bond acceptors (Lipinski definition) is 5. The molecule has 2 aromatic carbocycles. The molecule has 4 aliphatic heterocycles. The summed E-state index contributed by atoms with van der Waals surface area (Å²) in [6.07, 6.45) is 5.76. The topological polar surface area (TPSA) is 93.8 Å². The van der Waals surface area contributed by atoms with Crippen LogP contribution in [-0.4, -0.2) is 60.2 Å². The molecule has 3 saturated heterocycles. The van der Waals surface area contributed by atoms with Crippen molar-refractivity contribution in [2.24, 2.45) is 0 Å². The van der Waals surface area contributed by atoms with Gasteiger partial charge in [0.25, 0.3) is 10.2 Å². The van der Waals surface area contributed by atoms with E-state index in [1.807, 2.05) is 28.6 Å². The van der Waals surface area contributed by atoms with E-state index in [1.54, 1.807) is 4.31 Å². The molecule has 0 aromatic heterocycles. The zero-order chi connectivity index (χ0) is 25.4. The molecule has 4 aliphatic rings. The molecule has 0 saturated carbocycles. The Morgan fingerprint density at radius 1 is 0.838 bits per heavy atom. The second-order valence-corrected chi connectivity index (χ2v) is 12.9. The largest absolute Gasteiger partial charge is 0.326 e. The number of nitrogens with one attached hydrogen (secondary N) is 3. The monoisotopic (exact) mass is 523 g/mol. The van der Waals surface area contributed by atoms with E-state index >= 15 is 0 Å². The quantitative estimate of drug-likeness (QED) is 0.495. The minimum Gasteiger partial charge on any atom is -0.326 e. The lowest BCUT2D eigenvalue weighted by molar-refractivity contribution is -0.115. The van der Waals surface area contributed by atoms with Crippen molar-refractivity contribution < 1.29 is 13.2 Å². The van der Waals surface area contributed by atoms with Gasteiger partial charge in [0.2, 0.25) is 5.91 Å². The van der Waals surface area contributed by atoms with E-state index in [2.05, 4.69) is 40.2 Å². The molecule has 9 heteroatoms. The predicted molar refractivity (Wildman–Crippen MR) is 144 cm³/mol. The number of benzene rings is 2. The minimum absolute atomic E-state index is 0.0536. The number of amides is 1. The Labute approximate surface area is 220 Å². The van der Waals surface area contributed by atoms with Gasteiger partial charge >= 0.3 is 0 Å². The van der Waals surface area contributed by atoms with Crippen molar-refractivity contribution in [1.29, 1.82) is 0 Å². The molecular formula is C28H37N5O3S. The van der Waals surface area contributed by atoms with Gasteiger partial charge < -0.3 is 16.0 Å². The van der Waals surface area contributed by atoms with Crippen LogP contribution in [0.15, 0.2) is 48.5 Å². The average molecular weight is 524 g/mol. The zero-order valence-electron chi connectivity index (χ0n) is 21.2. The molecule has 4 heterocycles. The first-order valence-corrected chi connectivity index (χ1v) is 15.1. The maximum Gasteiger partial charge on any atom is 0.282 e. The lowest BCUT2D eigenvalue weighted by atomic mass is 9.99. The maximum atomic E-state index is 13.7.